The van der Waals surface area contributed by atoms with E-state index in [1.807, 2.05) is 0 Å². The van der Waals surface area contributed by atoms with Gasteiger partial charge in [-0.15, -0.1) is 0 Å². The molecule has 0 aliphatic rings. The number of carbonyl (C=O) groups is 3. The summed E-state index contributed by atoms with van der Waals surface area (Å²) in [5, 5.41) is 0. The lowest BCUT2D eigenvalue weighted by Crippen LogP contribution is -2.30. The van der Waals surface area contributed by atoms with Gasteiger partial charge in [-0.3, -0.25) is 14.4 Å². The standard InChI is InChI=1S/C77H126O6/c1-4-7-10-13-16-19-22-25-27-29-30-31-32-33-34-35-36-37-38-39-40-41-42-43-44-45-46-48-49-52-55-58-61-64-67-70-76(79)82-73-74(72-81-75(78)69-66-63-60-57-54-51-24-21-18-15-12-9-6-3)83-77(80)71-68-65-62-59-56-53-50-47-28-26-23-20-17-14-11-8-5-2/h7-8,10-11,16-17,19-20,25-28,30-31,33-34,36-37,39-40,50,53,59,62,74H,4-6,9,12-15,18,21-24,29,32,35,38,41-49,51-52,54-58,60-61,63-73H2,1-3H3/b10-7-,11-8-,19-16-,20-17-,27-25-,28-26-,31-30-,34-33-,37-36-,40-39-,53-50-,62-59-. The maximum Gasteiger partial charge on any atom is 0.306 e. The van der Waals surface area contributed by atoms with E-state index in [2.05, 4.69) is 167 Å². The minimum Gasteiger partial charge on any atom is -0.462 e. The lowest BCUT2D eigenvalue weighted by atomic mass is 10.0. The highest BCUT2D eigenvalue weighted by Crippen LogP contribution is 2.16. The van der Waals surface area contributed by atoms with Crippen LogP contribution >= 0.6 is 0 Å². The number of hydrogen-bond donors (Lipinski definition) is 0. The van der Waals surface area contributed by atoms with Gasteiger partial charge in [0.05, 0.1) is 0 Å². The van der Waals surface area contributed by atoms with Crippen LogP contribution in [0.25, 0.3) is 0 Å². The topological polar surface area (TPSA) is 78.9 Å². The Morgan fingerprint density at radius 1 is 0.253 bits per heavy atom. The fraction of sp³-hybridized carbons (Fsp3) is 0.649. The molecule has 0 fully saturated rings. The summed E-state index contributed by atoms with van der Waals surface area (Å²) in [6.45, 7) is 6.38. The van der Waals surface area contributed by atoms with Crippen LogP contribution in [0.2, 0.25) is 0 Å². The van der Waals surface area contributed by atoms with Gasteiger partial charge in [-0.2, -0.15) is 0 Å². The van der Waals surface area contributed by atoms with Crippen molar-refractivity contribution in [3.63, 3.8) is 0 Å². The molecule has 6 nitrogen and oxygen atoms in total. The van der Waals surface area contributed by atoms with Crippen LogP contribution in [0.1, 0.15) is 303 Å². The van der Waals surface area contributed by atoms with E-state index >= 15 is 0 Å². The van der Waals surface area contributed by atoms with Crippen molar-refractivity contribution in [3.8, 4) is 0 Å². The quantitative estimate of drug-likeness (QED) is 0.0261. The fourth-order valence-electron chi connectivity index (χ4n) is 9.28. The molecule has 0 aromatic heterocycles. The van der Waals surface area contributed by atoms with Gasteiger partial charge in [-0.1, -0.05) is 314 Å². The predicted octanol–water partition coefficient (Wildman–Crippen LogP) is 23.9. The highest BCUT2D eigenvalue weighted by Gasteiger charge is 2.19. The van der Waals surface area contributed by atoms with Gasteiger partial charge in [0.2, 0.25) is 0 Å². The van der Waals surface area contributed by atoms with Gasteiger partial charge in [-0.05, 0) is 116 Å². The molecular formula is C77H126O6. The Kier molecular flexibility index (Phi) is 65.8. The second kappa shape index (κ2) is 69.8. The summed E-state index contributed by atoms with van der Waals surface area (Å²) < 4.78 is 16.9. The van der Waals surface area contributed by atoms with Crippen LogP contribution in [0, 0.1) is 0 Å². The number of esters is 3. The summed E-state index contributed by atoms with van der Waals surface area (Å²) in [5.41, 5.74) is 0. The molecule has 0 rings (SSSR count). The third-order valence-electron chi connectivity index (χ3n) is 14.3. The Morgan fingerprint density at radius 2 is 0.482 bits per heavy atom. The molecule has 83 heavy (non-hydrogen) atoms. The second-order valence-corrected chi connectivity index (χ2v) is 22.3. The van der Waals surface area contributed by atoms with Crippen molar-refractivity contribution in [1.82, 2.24) is 0 Å². The molecule has 0 amide bonds. The number of rotatable bonds is 61. The van der Waals surface area contributed by atoms with E-state index < -0.39 is 6.10 Å². The van der Waals surface area contributed by atoms with Crippen molar-refractivity contribution in [2.24, 2.45) is 0 Å². The minimum absolute atomic E-state index is 0.101. The first kappa shape index (κ1) is 78.3. The van der Waals surface area contributed by atoms with Crippen LogP contribution in [-0.2, 0) is 28.6 Å². The molecule has 0 spiro atoms. The summed E-state index contributed by atoms with van der Waals surface area (Å²) in [6, 6.07) is 0. The molecule has 0 saturated carbocycles. The maximum absolute atomic E-state index is 12.9. The van der Waals surface area contributed by atoms with E-state index in [-0.39, 0.29) is 37.5 Å². The predicted molar refractivity (Wildman–Crippen MR) is 362 cm³/mol. The van der Waals surface area contributed by atoms with E-state index in [1.54, 1.807) is 0 Å². The van der Waals surface area contributed by atoms with E-state index in [9.17, 15) is 14.4 Å². The van der Waals surface area contributed by atoms with Crippen LogP contribution in [0.15, 0.2) is 146 Å². The molecule has 0 aliphatic carbocycles. The minimum atomic E-state index is -0.811. The molecule has 1 unspecified atom stereocenters. The molecular weight excluding hydrogens is 1020 g/mol. The molecule has 0 bridgehead atoms. The Bertz CT molecular complexity index is 1800. The smallest absolute Gasteiger partial charge is 0.306 e. The van der Waals surface area contributed by atoms with Crippen LogP contribution in [0.4, 0.5) is 0 Å². The lowest BCUT2D eigenvalue weighted by molar-refractivity contribution is -0.167. The zero-order valence-corrected chi connectivity index (χ0v) is 53.9. The Labute approximate surface area is 512 Å². The van der Waals surface area contributed by atoms with Gasteiger partial charge in [0.15, 0.2) is 6.10 Å². The third kappa shape index (κ3) is 68.0. The first-order valence-electron chi connectivity index (χ1n) is 34.3. The largest absolute Gasteiger partial charge is 0.462 e. The van der Waals surface area contributed by atoms with Gasteiger partial charge >= 0.3 is 17.9 Å². The average molecular weight is 1150 g/mol. The second-order valence-electron chi connectivity index (χ2n) is 22.3. The number of carbonyl (C=O) groups excluding carboxylic acids is 3. The first-order valence-corrected chi connectivity index (χ1v) is 34.3. The molecule has 1 atom stereocenters. The summed E-state index contributed by atoms with van der Waals surface area (Å²) in [7, 11) is 0. The molecule has 0 N–H and O–H groups in total. The molecule has 470 valence electrons. The number of allylic oxidation sites excluding steroid dienone is 24. The van der Waals surface area contributed by atoms with Crippen LogP contribution in [0.5, 0.6) is 0 Å². The summed E-state index contributed by atoms with van der Waals surface area (Å²) in [4.78, 5) is 38.3. The average Bonchev–Trinajstić information content (AvgIpc) is 3.49. The monoisotopic (exact) mass is 1150 g/mol. The van der Waals surface area contributed by atoms with Crippen molar-refractivity contribution in [1.29, 1.82) is 0 Å². The molecule has 0 saturated heterocycles. The summed E-state index contributed by atoms with van der Waals surface area (Å²) in [5.74, 6) is -0.956. The zero-order valence-electron chi connectivity index (χ0n) is 53.9. The van der Waals surface area contributed by atoms with Gasteiger partial charge in [0.25, 0.3) is 0 Å². The Hall–Kier alpha value is -4.71. The van der Waals surface area contributed by atoms with E-state index in [0.29, 0.717) is 19.3 Å². The van der Waals surface area contributed by atoms with Crippen molar-refractivity contribution in [2.75, 3.05) is 13.2 Å². The zero-order chi connectivity index (χ0) is 59.9. The normalized spacial score (nSPS) is 13.0. The summed E-state index contributed by atoms with van der Waals surface area (Å²) >= 11 is 0. The Balaban J connectivity index is 4.25. The first-order chi connectivity index (χ1) is 41.0. The van der Waals surface area contributed by atoms with Gasteiger partial charge in [0, 0.05) is 19.3 Å². The maximum atomic E-state index is 12.9. The highest BCUT2D eigenvalue weighted by atomic mass is 16.6. The van der Waals surface area contributed by atoms with Gasteiger partial charge in [-0.25, -0.2) is 0 Å². The SMILES string of the molecule is CC/C=C\C/C=C\C/C=C\C/C=C\C/C=C\C/C=C\C/C=C\CCCCCCCCCCCCCCCC(=O)OCC(COC(=O)CCCCCCCCCCCCCCC)OC(=O)CCC/C=C\C/C=C\C/C=C\C/C=C\C/C=C\CC. The lowest BCUT2D eigenvalue weighted by Gasteiger charge is -2.18. The van der Waals surface area contributed by atoms with Crippen molar-refractivity contribution >= 4 is 17.9 Å². The van der Waals surface area contributed by atoms with Crippen LogP contribution in [-0.4, -0.2) is 37.2 Å². The Morgan fingerprint density at radius 3 is 0.771 bits per heavy atom. The fourth-order valence-corrected chi connectivity index (χ4v) is 9.28. The van der Waals surface area contributed by atoms with Crippen LogP contribution < -0.4 is 0 Å². The number of hydrogen-bond acceptors (Lipinski definition) is 6. The van der Waals surface area contributed by atoms with Gasteiger partial charge < -0.3 is 14.2 Å². The molecule has 0 aromatic carbocycles. The van der Waals surface area contributed by atoms with Crippen molar-refractivity contribution in [2.45, 2.75) is 309 Å². The molecule has 0 aliphatic heterocycles. The molecule has 6 heteroatoms. The molecule has 0 aromatic rings. The van der Waals surface area contributed by atoms with E-state index in [1.165, 1.54) is 135 Å². The van der Waals surface area contributed by atoms with Crippen molar-refractivity contribution < 1.29 is 28.6 Å². The van der Waals surface area contributed by atoms with E-state index in [0.717, 1.165) is 122 Å². The summed E-state index contributed by atoms with van der Waals surface area (Å²) in [6.07, 6.45) is 100. The van der Waals surface area contributed by atoms with Crippen molar-refractivity contribution in [3.05, 3.63) is 146 Å². The molecule has 0 radical (unpaired) electrons. The third-order valence-corrected chi connectivity index (χ3v) is 14.3. The number of unbranched alkanes of at least 4 members (excludes halogenated alkanes) is 26. The van der Waals surface area contributed by atoms with Crippen LogP contribution in [0.3, 0.4) is 0 Å². The number of ether oxygens (including phenoxy) is 3. The van der Waals surface area contributed by atoms with Gasteiger partial charge in [0.1, 0.15) is 13.2 Å². The highest BCUT2D eigenvalue weighted by molar-refractivity contribution is 5.71. The van der Waals surface area contributed by atoms with E-state index in [4.69, 9.17) is 14.2 Å². The molecule has 0 heterocycles.